The Morgan fingerprint density at radius 3 is 2.83 bits per heavy atom. The van der Waals surface area contributed by atoms with Crippen LogP contribution in [0.25, 0.3) is 0 Å². The lowest BCUT2D eigenvalue weighted by atomic mass is 10.2. The fourth-order valence-corrected chi connectivity index (χ4v) is 1.69. The van der Waals surface area contributed by atoms with Gasteiger partial charge in [0.15, 0.2) is 16.7 Å². The molecular weight excluding hydrogens is 257 g/mol. The lowest BCUT2D eigenvalue weighted by molar-refractivity contribution is 0.413. The first kappa shape index (κ1) is 12.6. The molecule has 2 rings (SSSR count). The second kappa shape index (κ2) is 5.18. The third-order valence-corrected chi connectivity index (χ3v) is 2.69. The highest BCUT2D eigenvalue weighted by Gasteiger charge is 2.11. The van der Waals surface area contributed by atoms with E-state index in [4.69, 9.17) is 16.3 Å². The molecule has 0 spiro atoms. The third-order valence-electron chi connectivity index (χ3n) is 2.42. The quantitative estimate of drug-likeness (QED) is 0.867. The molecule has 0 atom stereocenters. The van der Waals surface area contributed by atoms with Crippen LogP contribution in [0.3, 0.4) is 0 Å². The fourth-order valence-electron chi connectivity index (χ4n) is 1.48. The Bertz CT molecular complexity index is 577. The molecule has 0 aliphatic rings. The Morgan fingerprint density at radius 1 is 1.33 bits per heavy atom. The Labute approximate surface area is 109 Å². The molecule has 0 saturated carbocycles. The summed E-state index contributed by atoms with van der Waals surface area (Å²) < 4.78 is 18.3. The van der Waals surface area contributed by atoms with E-state index in [0.29, 0.717) is 17.3 Å². The van der Waals surface area contributed by atoms with Crippen molar-refractivity contribution in [2.75, 3.05) is 12.4 Å². The van der Waals surface area contributed by atoms with Gasteiger partial charge in [-0.3, -0.25) is 0 Å². The average Bonchev–Trinajstić information content (AvgIpc) is 2.34. The van der Waals surface area contributed by atoms with Gasteiger partial charge in [-0.05, 0) is 24.6 Å². The van der Waals surface area contributed by atoms with E-state index < -0.39 is 0 Å². The van der Waals surface area contributed by atoms with Gasteiger partial charge in [0, 0.05) is 5.69 Å². The van der Waals surface area contributed by atoms with Crippen LogP contribution in [0.5, 0.6) is 5.75 Å². The maximum absolute atomic E-state index is 13.2. The highest BCUT2D eigenvalue weighted by molar-refractivity contribution is 6.31. The van der Waals surface area contributed by atoms with Gasteiger partial charge in [0.25, 0.3) is 0 Å². The van der Waals surface area contributed by atoms with Gasteiger partial charge >= 0.3 is 0 Å². The SMILES string of the molecule is COc1c(Cl)ncnc1Nc1cc(F)ccc1C. The molecule has 1 heterocycles. The van der Waals surface area contributed by atoms with E-state index in [0.717, 1.165) is 5.56 Å². The molecule has 0 bridgehead atoms. The largest absolute Gasteiger partial charge is 0.490 e. The van der Waals surface area contributed by atoms with Gasteiger partial charge in [0.05, 0.1) is 7.11 Å². The third kappa shape index (κ3) is 2.51. The minimum absolute atomic E-state index is 0.198. The van der Waals surface area contributed by atoms with E-state index in [9.17, 15) is 4.39 Å². The van der Waals surface area contributed by atoms with Crippen molar-refractivity contribution < 1.29 is 9.13 Å². The lowest BCUT2D eigenvalue weighted by Crippen LogP contribution is -2.00. The Balaban J connectivity index is 2.40. The maximum Gasteiger partial charge on any atom is 0.199 e. The van der Waals surface area contributed by atoms with Gasteiger partial charge in [-0.2, -0.15) is 0 Å². The monoisotopic (exact) mass is 267 g/mol. The average molecular weight is 268 g/mol. The van der Waals surface area contributed by atoms with Gasteiger partial charge < -0.3 is 10.1 Å². The smallest absolute Gasteiger partial charge is 0.199 e. The summed E-state index contributed by atoms with van der Waals surface area (Å²) in [7, 11) is 1.47. The van der Waals surface area contributed by atoms with Crippen molar-refractivity contribution in [3.05, 3.63) is 41.1 Å². The van der Waals surface area contributed by atoms with Crippen molar-refractivity contribution in [1.82, 2.24) is 9.97 Å². The van der Waals surface area contributed by atoms with E-state index in [1.54, 1.807) is 6.07 Å². The molecule has 1 N–H and O–H groups in total. The molecule has 0 unspecified atom stereocenters. The minimum Gasteiger partial charge on any atom is -0.490 e. The number of rotatable bonds is 3. The summed E-state index contributed by atoms with van der Waals surface area (Å²) in [6, 6.07) is 4.45. The second-order valence-corrected chi connectivity index (χ2v) is 3.99. The summed E-state index contributed by atoms with van der Waals surface area (Å²) in [5.74, 6) is 0.385. The van der Waals surface area contributed by atoms with Crippen LogP contribution in [0, 0.1) is 12.7 Å². The lowest BCUT2D eigenvalue weighted by Gasteiger charge is -2.12. The molecule has 18 heavy (non-hydrogen) atoms. The maximum atomic E-state index is 13.2. The number of benzene rings is 1. The normalized spacial score (nSPS) is 10.2. The number of nitrogens with zero attached hydrogens (tertiary/aromatic N) is 2. The predicted molar refractivity (Wildman–Crippen MR) is 68.0 cm³/mol. The number of methoxy groups -OCH3 is 1. The van der Waals surface area contributed by atoms with Gasteiger partial charge in [-0.1, -0.05) is 17.7 Å². The van der Waals surface area contributed by atoms with Crippen LogP contribution in [-0.2, 0) is 0 Å². The summed E-state index contributed by atoms with van der Waals surface area (Å²) >= 11 is 5.88. The molecule has 0 saturated heterocycles. The summed E-state index contributed by atoms with van der Waals surface area (Å²) in [4.78, 5) is 7.83. The molecule has 94 valence electrons. The van der Waals surface area contributed by atoms with Crippen molar-refractivity contribution >= 4 is 23.1 Å². The zero-order valence-electron chi connectivity index (χ0n) is 9.87. The first-order valence-corrected chi connectivity index (χ1v) is 5.57. The van der Waals surface area contributed by atoms with Gasteiger partial charge in [-0.15, -0.1) is 0 Å². The standard InChI is InChI=1S/C12H11ClFN3O/c1-7-3-4-8(14)5-9(7)17-12-10(18-2)11(13)15-6-16-12/h3-6H,1-2H3,(H,15,16,17). The topological polar surface area (TPSA) is 47.0 Å². The first-order chi connectivity index (χ1) is 8.61. The van der Waals surface area contributed by atoms with E-state index in [-0.39, 0.29) is 11.0 Å². The second-order valence-electron chi connectivity index (χ2n) is 3.63. The summed E-state index contributed by atoms with van der Waals surface area (Å²) in [6.07, 6.45) is 1.31. The van der Waals surface area contributed by atoms with Crippen LogP contribution in [0.15, 0.2) is 24.5 Å². The van der Waals surface area contributed by atoms with Crippen LogP contribution < -0.4 is 10.1 Å². The molecule has 1 aromatic carbocycles. The number of hydrogen-bond acceptors (Lipinski definition) is 4. The summed E-state index contributed by atoms with van der Waals surface area (Å²) in [6.45, 7) is 1.86. The summed E-state index contributed by atoms with van der Waals surface area (Å²) in [5, 5.41) is 3.17. The van der Waals surface area contributed by atoms with Crippen LogP contribution in [0.1, 0.15) is 5.56 Å². The molecular formula is C12H11ClFN3O. The van der Waals surface area contributed by atoms with Crippen molar-refractivity contribution in [1.29, 1.82) is 0 Å². The van der Waals surface area contributed by atoms with Crippen LogP contribution >= 0.6 is 11.6 Å². The molecule has 0 radical (unpaired) electrons. The van der Waals surface area contributed by atoms with Crippen molar-refractivity contribution in [3.63, 3.8) is 0 Å². The Hall–Kier alpha value is -1.88. The molecule has 6 heteroatoms. The summed E-state index contributed by atoms with van der Waals surface area (Å²) in [5.41, 5.74) is 1.48. The molecule has 4 nitrogen and oxygen atoms in total. The molecule has 0 fully saturated rings. The van der Waals surface area contributed by atoms with Gasteiger partial charge in [-0.25, -0.2) is 14.4 Å². The number of aryl methyl sites for hydroxylation is 1. The molecule has 0 aliphatic carbocycles. The van der Waals surface area contributed by atoms with E-state index in [2.05, 4.69) is 15.3 Å². The molecule has 2 aromatic rings. The minimum atomic E-state index is -0.331. The Morgan fingerprint density at radius 2 is 2.11 bits per heavy atom. The van der Waals surface area contributed by atoms with Gasteiger partial charge in [0.2, 0.25) is 0 Å². The van der Waals surface area contributed by atoms with E-state index >= 15 is 0 Å². The number of nitrogens with one attached hydrogen (secondary N) is 1. The van der Waals surface area contributed by atoms with Crippen LogP contribution in [0.2, 0.25) is 5.15 Å². The fraction of sp³-hybridized carbons (Fsp3) is 0.167. The number of hydrogen-bond donors (Lipinski definition) is 1. The highest BCUT2D eigenvalue weighted by atomic mass is 35.5. The van der Waals surface area contributed by atoms with Gasteiger partial charge in [0.1, 0.15) is 12.1 Å². The number of ether oxygens (including phenoxy) is 1. The Kier molecular flexibility index (Phi) is 3.62. The first-order valence-electron chi connectivity index (χ1n) is 5.19. The number of halogens is 2. The predicted octanol–water partition coefficient (Wildman–Crippen LogP) is 3.33. The van der Waals surface area contributed by atoms with Crippen molar-refractivity contribution in [3.8, 4) is 5.75 Å². The number of anilines is 2. The zero-order chi connectivity index (χ0) is 13.1. The highest BCUT2D eigenvalue weighted by Crippen LogP contribution is 2.31. The van der Waals surface area contributed by atoms with E-state index in [1.807, 2.05) is 6.92 Å². The van der Waals surface area contributed by atoms with Crippen LogP contribution in [0.4, 0.5) is 15.9 Å². The van der Waals surface area contributed by atoms with Crippen LogP contribution in [-0.4, -0.2) is 17.1 Å². The number of aromatic nitrogens is 2. The molecule has 0 aliphatic heterocycles. The zero-order valence-corrected chi connectivity index (χ0v) is 10.6. The molecule has 1 aromatic heterocycles. The molecule has 0 amide bonds. The van der Waals surface area contributed by atoms with Crippen molar-refractivity contribution in [2.24, 2.45) is 0 Å². The van der Waals surface area contributed by atoms with Crippen molar-refractivity contribution in [2.45, 2.75) is 6.92 Å². The van der Waals surface area contributed by atoms with E-state index in [1.165, 1.54) is 25.6 Å².